The summed E-state index contributed by atoms with van der Waals surface area (Å²) >= 11 is 0. The molecule has 0 saturated carbocycles. The molecule has 0 aliphatic heterocycles. The monoisotopic (exact) mass is 517 g/mol. The summed E-state index contributed by atoms with van der Waals surface area (Å²) in [6, 6.07) is 18.3. The van der Waals surface area contributed by atoms with Crippen molar-refractivity contribution < 1.29 is 62.7 Å². The Balaban J connectivity index is -0.00000210. The Bertz CT molecular complexity index is 754. The molecule has 0 aromatic heterocycles. The number of ether oxygens (including phenoxy) is 1. The molecule has 7 heteroatoms. The zero-order valence-electron chi connectivity index (χ0n) is 20.9. The first-order valence-corrected chi connectivity index (χ1v) is 11.5. The number of benzene rings is 2. The van der Waals surface area contributed by atoms with Crippen LogP contribution in [0.4, 0.5) is 0 Å². The molecular formula is C25H38ClLiNiO3P-. The van der Waals surface area contributed by atoms with Gasteiger partial charge in [0.25, 0.3) is 0 Å². The van der Waals surface area contributed by atoms with E-state index in [1.807, 2.05) is 48.5 Å². The fourth-order valence-corrected chi connectivity index (χ4v) is 8.48. The van der Waals surface area contributed by atoms with Crippen molar-refractivity contribution in [1.29, 1.82) is 0 Å². The topological polar surface area (TPSA) is 52.5 Å². The minimum atomic E-state index is -2.11. The van der Waals surface area contributed by atoms with Gasteiger partial charge in [-0.3, -0.25) is 0 Å². The second-order valence-electron chi connectivity index (χ2n) is 9.57. The fraction of sp³-hybridized carbons (Fsp3) is 0.480. The maximum Gasteiger partial charge on any atom is 1.00 e. The van der Waals surface area contributed by atoms with E-state index in [0.717, 1.165) is 0 Å². The van der Waals surface area contributed by atoms with Gasteiger partial charge >= 0.3 is 18.9 Å². The average Bonchev–Trinajstić information content (AvgIpc) is 2.64. The molecule has 0 saturated heterocycles. The molecule has 0 fully saturated rings. The number of halogens is 1. The maximum atomic E-state index is 14.2. The molecule has 0 amide bonds. The Morgan fingerprint density at radius 2 is 1.16 bits per heavy atom. The summed E-state index contributed by atoms with van der Waals surface area (Å²) in [5.74, 6) is -2.11. The first-order chi connectivity index (χ1) is 12.9. The van der Waals surface area contributed by atoms with Crippen LogP contribution in [0.15, 0.2) is 60.7 Å². The van der Waals surface area contributed by atoms with E-state index in [2.05, 4.69) is 41.5 Å². The van der Waals surface area contributed by atoms with Crippen molar-refractivity contribution >= 4 is 7.92 Å². The number of hydrogen-bond donors (Lipinski definition) is 1. The van der Waals surface area contributed by atoms with Crippen molar-refractivity contribution in [2.45, 2.75) is 63.2 Å². The quantitative estimate of drug-likeness (QED) is 0.231. The molecule has 0 aliphatic carbocycles. The summed E-state index contributed by atoms with van der Waals surface area (Å²) in [4.78, 5) is 0. The number of aliphatic hydroxyl groups is 1. The van der Waals surface area contributed by atoms with E-state index in [1.54, 1.807) is 12.1 Å². The molecule has 0 aliphatic rings. The van der Waals surface area contributed by atoms with E-state index in [0.29, 0.717) is 17.3 Å². The van der Waals surface area contributed by atoms with Crippen LogP contribution in [0.25, 0.3) is 0 Å². The normalized spacial score (nSPS) is 15.1. The van der Waals surface area contributed by atoms with Crippen LogP contribution in [0, 0.1) is 7.43 Å². The molecule has 2 rings (SSSR count). The van der Waals surface area contributed by atoms with Crippen LogP contribution < -0.4 is 36.4 Å². The van der Waals surface area contributed by atoms with E-state index in [9.17, 15) is 10.2 Å². The zero-order chi connectivity index (χ0) is 21.2. The number of hydrogen-bond acceptors (Lipinski definition) is 3. The van der Waals surface area contributed by atoms with Gasteiger partial charge in [-0.1, -0.05) is 60.7 Å². The van der Waals surface area contributed by atoms with Gasteiger partial charge in [0.15, 0.2) is 0 Å². The van der Waals surface area contributed by atoms with Crippen LogP contribution in [0.2, 0.25) is 0 Å². The zero-order valence-corrected chi connectivity index (χ0v) is 23.7. The minimum Gasteiger partial charge on any atom is -1.00 e. The third-order valence-corrected chi connectivity index (χ3v) is 9.97. The molecule has 0 heterocycles. The third-order valence-electron chi connectivity index (χ3n) is 5.48. The summed E-state index contributed by atoms with van der Waals surface area (Å²) in [5.41, 5.74) is -0.654. The Morgan fingerprint density at radius 1 is 0.812 bits per heavy atom. The van der Waals surface area contributed by atoms with Gasteiger partial charge in [-0.2, -0.15) is 0 Å². The second-order valence-corrected chi connectivity index (χ2v) is 13.9. The summed E-state index contributed by atoms with van der Waals surface area (Å²) in [5, 5.41) is 26.4. The third kappa shape index (κ3) is 7.83. The van der Waals surface area contributed by atoms with Crippen molar-refractivity contribution in [2.24, 2.45) is 0 Å². The SMILES string of the molecule is COC([O-])(c1ccccc1)C(O)(C[PH+](C(C)(C)C)C(C)(C)C)c1ccccc1.[CH3-].[Cl-].[Li+].[Ni]. The van der Waals surface area contributed by atoms with Crippen LogP contribution >= 0.6 is 7.92 Å². The molecule has 2 aromatic carbocycles. The molecule has 1 N–H and O–H groups in total. The van der Waals surface area contributed by atoms with Crippen molar-refractivity contribution in [3.8, 4) is 0 Å². The first kappa shape index (κ1) is 36.7. The van der Waals surface area contributed by atoms with Gasteiger partial charge in [-0.05, 0) is 52.7 Å². The van der Waals surface area contributed by atoms with Gasteiger partial charge in [0.1, 0.15) is 5.60 Å². The molecule has 0 bridgehead atoms. The summed E-state index contributed by atoms with van der Waals surface area (Å²) < 4.78 is 5.58. The Kier molecular flexibility index (Phi) is 15.9. The van der Waals surface area contributed by atoms with Gasteiger partial charge < -0.3 is 34.8 Å². The van der Waals surface area contributed by atoms with Crippen LogP contribution in [-0.2, 0) is 32.6 Å². The predicted molar refractivity (Wildman–Crippen MR) is 125 cm³/mol. The molecule has 0 spiro atoms. The predicted octanol–water partition coefficient (Wildman–Crippen LogP) is -0.999. The average molecular weight is 519 g/mol. The number of rotatable bonds is 6. The molecule has 0 radical (unpaired) electrons. The van der Waals surface area contributed by atoms with E-state index >= 15 is 0 Å². The standard InChI is InChI=1S/C24H34O3P.CH3.ClH.Li.Ni/c1-21(2,3)28(22(4,5)6)18-23(25,19-14-10-8-11-15-19)24(26,27-7)20-16-12-9-13-17-20;;;;/h8-17,25H,18H2,1-7H3;1H3;1H;;/q2*-1;;+1;. The molecule has 32 heavy (non-hydrogen) atoms. The molecule has 2 aromatic rings. The summed E-state index contributed by atoms with van der Waals surface area (Å²) in [6.07, 6.45) is 0.390. The van der Waals surface area contributed by atoms with Crippen LogP contribution in [-0.4, -0.2) is 28.7 Å². The van der Waals surface area contributed by atoms with E-state index in [1.165, 1.54) is 7.11 Å². The van der Waals surface area contributed by atoms with Gasteiger partial charge in [-0.25, -0.2) is 0 Å². The Morgan fingerprint density at radius 3 is 1.47 bits per heavy atom. The summed E-state index contributed by atoms with van der Waals surface area (Å²) in [7, 11) is 0.189. The fourth-order valence-electron chi connectivity index (χ4n) is 4.22. The second kappa shape index (κ2) is 13.9. The van der Waals surface area contributed by atoms with Gasteiger partial charge in [0.05, 0.1) is 22.3 Å². The smallest absolute Gasteiger partial charge is 1.00 e. The van der Waals surface area contributed by atoms with Crippen molar-refractivity contribution in [2.75, 3.05) is 13.3 Å². The van der Waals surface area contributed by atoms with Crippen LogP contribution in [0.5, 0.6) is 0 Å². The van der Waals surface area contributed by atoms with Crippen molar-refractivity contribution in [3.63, 3.8) is 0 Å². The van der Waals surface area contributed by atoms with Gasteiger partial charge in [0, 0.05) is 31.5 Å². The summed E-state index contributed by atoms with van der Waals surface area (Å²) in [6.45, 7) is 13.2. The van der Waals surface area contributed by atoms with E-state index < -0.39 is 19.3 Å². The van der Waals surface area contributed by atoms with Crippen molar-refractivity contribution in [1.82, 2.24) is 0 Å². The maximum absolute atomic E-state index is 14.2. The van der Waals surface area contributed by atoms with Gasteiger partial charge in [-0.15, -0.1) is 0 Å². The molecule has 3 nitrogen and oxygen atoms in total. The van der Waals surface area contributed by atoms with Crippen molar-refractivity contribution in [3.05, 3.63) is 79.2 Å². The van der Waals surface area contributed by atoms with Gasteiger partial charge in [0.2, 0.25) is 0 Å². The molecule has 2 unspecified atom stereocenters. The molecular weight excluding hydrogens is 480 g/mol. The van der Waals surface area contributed by atoms with E-state index in [-0.39, 0.29) is 65.5 Å². The Labute approximate surface area is 225 Å². The Hall–Kier alpha value is 0.131. The van der Waals surface area contributed by atoms with Crippen LogP contribution in [0.1, 0.15) is 52.7 Å². The van der Waals surface area contributed by atoms with E-state index in [4.69, 9.17) is 4.74 Å². The minimum absolute atomic E-state index is 0. The molecule has 180 valence electrons. The largest absolute Gasteiger partial charge is 1.00 e. The first-order valence-electron chi connectivity index (χ1n) is 9.82. The van der Waals surface area contributed by atoms with Crippen LogP contribution in [0.3, 0.4) is 0 Å². The number of methoxy groups -OCH3 is 1. The molecule has 2 atom stereocenters.